The topological polar surface area (TPSA) is 47.6 Å². The molecule has 4 rings (SSSR count). The lowest BCUT2D eigenvalue weighted by Crippen LogP contribution is -2.12. The molecule has 0 aromatic heterocycles. The molecule has 2 nitrogen and oxygen atoms in total. The molecule has 0 saturated heterocycles. The molecule has 2 heteroatoms. The maximum atomic E-state index is 9.17. The van der Waals surface area contributed by atoms with Gasteiger partial charge in [-0.15, -0.1) is 0 Å². The van der Waals surface area contributed by atoms with E-state index >= 15 is 0 Å². The lowest BCUT2D eigenvalue weighted by atomic mass is 9.76. The van der Waals surface area contributed by atoms with Crippen molar-refractivity contribution in [3.05, 3.63) is 64.7 Å². The molecule has 0 amide bonds. The second-order valence-corrected chi connectivity index (χ2v) is 6.19. The third kappa shape index (κ3) is 2.84. The number of nitriles is 2. The van der Waals surface area contributed by atoms with E-state index in [1.165, 1.54) is 65.1 Å². The first-order valence-corrected chi connectivity index (χ1v) is 8.43. The van der Waals surface area contributed by atoms with Crippen molar-refractivity contribution in [2.75, 3.05) is 0 Å². The molecule has 24 heavy (non-hydrogen) atoms. The molecule has 0 N–H and O–H groups in total. The van der Waals surface area contributed by atoms with Crippen LogP contribution in [0.5, 0.6) is 0 Å². The lowest BCUT2D eigenvalue weighted by Gasteiger charge is -2.28. The van der Waals surface area contributed by atoms with Crippen LogP contribution in [0.25, 0.3) is 16.7 Å². The van der Waals surface area contributed by atoms with E-state index in [4.69, 9.17) is 10.5 Å². The molecule has 0 unspecified atom stereocenters. The highest BCUT2D eigenvalue weighted by Gasteiger charge is 2.24. The van der Waals surface area contributed by atoms with Gasteiger partial charge in [-0.05, 0) is 71.1 Å². The molecule has 0 bridgehead atoms. The monoisotopic (exact) mass is 312 g/mol. The summed E-state index contributed by atoms with van der Waals surface area (Å²) in [5, 5.41) is 16.5. The Balaban J connectivity index is 0.000000526. The molecule has 0 fully saturated rings. The zero-order chi connectivity index (χ0) is 16.9. The highest BCUT2D eigenvalue weighted by molar-refractivity contribution is 5.91. The summed E-state index contributed by atoms with van der Waals surface area (Å²) in [4.78, 5) is 0. The summed E-state index contributed by atoms with van der Waals surface area (Å²) >= 11 is 0. The molecule has 0 aliphatic heterocycles. The zero-order valence-electron chi connectivity index (χ0n) is 14.0. The van der Waals surface area contributed by atoms with Gasteiger partial charge in [0.25, 0.3) is 0 Å². The summed E-state index contributed by atoms with van der Waals surface area (Å²) in [5.74, 6) is 0. The van der Waals surface area contributed by atoms with E-state index in [0.717, 1.165) is 12.8 Å². The molecule has 0 spiro atoms. The fourth-order valence-corrected chi connectivity index (χ4v) is 3.85. The largest absolute Gasteiger partial charge is 0.199 e. The summed E-state index contributed by atoms with van der Waals surface area (Å²) in [5.41, 5.74) is 9.53. The van der Waals surface area contributed by atoms with E-state index in [9.17, 15) is 0 Å². The van der Waals surface area contributed by atoms with Crippen LogP contribution in [-0.4, -0.2) is 0 Å². The summed E-state index contributed by atoms with van der Waals surface area (Å²) in [7, 11) is 0. The predicted octanol–water partition coefficient (Wildman–Crippen LogP) is 5.23. The van der Waals surface area contributed by atoms with Crippen molar-refractivity contribution >= 4 is 5.57 Å². The minimum absolute atomic E-state index is 0.882. The number of fused-ring (bicyclic) bond motifs is 5. The lowest BCUT2D eigenvalue weighted by molar-refractivity contribution is 0.684. The molecule has 2 aliphatic rings. The van der Waals surface area contributed by atoms with Crippen molar-refractivity contribution < 1.29 is 0 Å². The molecule has 2 aliphatic carbocycles. The van der Waals surface area contributed by atoms with Gasteiger partial charge in [0.1, 0.15) is 0 Å². The smallest absolute Gasteiger partial charge is 0.0915 e. The molecule has 118 valence electrons. The molecular formula is C22H20N2. The van der Waals surface area contributed by atoms with Gasteiger partial charge in [0.15, 0.2) is 0 Å². The first-order valence-electron chi connectivity index (χ1n) is 8.43. The van der Waals surface area contributed by atoms with Gasteiger partial charge >= 0.3 is 0 Å². The van der Waals surface area contributed by atoms with Crippen LogP contribution in [0.2, 0.25) is 0 Å². The zero-order valence-corrected chi connectivity index (χ0v) is 14.0. The Morgan fingerprint density at radius 3 is 2.46 bits per heavy atom. The number of hydrogen-bond acceptors (Lipinski definition) is 2. The molecule has 0 heterocycles. The van der Waals surface area contributed by atoms with Crippen molar-refractivity contribution in [3.8, 4) is 23.3 Å². The van der Waals surface area contributed by atoms with Crippen LogP contribution >= 0.6 is 0 Å². The first-order chi connectivity index (χ1) is 11.8. The molecule has 0 atom stereocenters. The average molecular weight is 312 g/mol. The number of rotatable bonds is 0. The van der Waals surface area contributed by atoms with E-state index in [1.54, 1.807) is 12.1 Å². The van der Waals surface area contributed by atoms with Crippen molar-refractivity contribution in [1.82, 2.24) is 0 Å². The van der Waals surface area contributed by atoms with Crippen LogP contribution in [-0.2, 0) is 19.3 Å². The van der Waals surface area contributed by atoms with E-state index in [1.807, 2.05) is 0 Å². The van der Waals surface area contributed by atoms with Crippen LogP contribution in [0.4, 0.5) is 0 Å². The fourth-order valence-electron chi connectivity index (χ4n) is 3.85. The standard InChI is InChI=1S/C20H17N.C2H3N/c21-12-11-16-13-15-6-2-3-7-17(15)19-10-9-14-5-1-4-8-18(14)20(16)19;1-2-3/h2-3,6-7,9-11H,1,4-5,8,13H2;1H3. The predicted molar refractivity (Wildman–Crippen MR) is 97.1 cm³/mol. The Morgan fingerprint density at radius 1 is 0.917 bits per heavy atom. The van der Waals surface area contributed by atoms with Gasteiger partial charge in [0.2, 0.25) is 0 Å². The van der Waals surface area contributed by atoms with Gasteiger partial charge in [0.05, 0.1) is 12.1 Å². The molecule has 0 radical (unpaired) electrons. The third-order valence-electron chi connectivity index (χ3n) is 4.78. The Labute approximate surface area is 143 Å². The van der Waals surface area contributed by atoms with Crippen molar-refractivity contribution in [1.29, 1.82) is 10.5 Å². The number of aryl methyl sites for hydroxylation is 1. The van der Waals surface area contributed by atoms with Crippen LogP contribution in [0, 0.1) is 22.7 Å². The normalized spacial score (nSPS) is 15.7. The highest BCUT2D eigenvalue weighted by atomic mass is 14.3. The Bertz CT molecular complexity index is 876. The van der Waals surface area contributed by atoms with Crippen LogP contribution < -0.4 is 0 Å². The van der Waals surface area contributed by atoms with Gasteiger partial charge in [-0.2, -0.15) is 10.5 Å². The van der Waals surface area contributed by atoms with Gasteiger partial charge in [0, 0.05) is 13.0 Å². The molecule has 0 saturated carbocycles. The van der Waals surface area contributed by atoms with Crippen LogP contribution in [0.1, 0.15) is 42.0 Å². The average Bonchev–Trinajstić information content (AvgIpc) is 2.62. The number of allylic oxidation sites excluding steroid dienone is 2. The first kappa shape index (κ1) is 16.0. The van der Waals surface area contributed by atoms with Gasteiger partial charge in [-0.3, -0.25) is 0 Å². The summed E-state index contributed by atoms with van der Waals surface area (Å²) in [6.45, 7) is 1.43. The maximum Gasteiger partial charge on any atom is 0.0915 e. The van der Waals surface area contributed by atoms with Crippen molar-refractivity contribution in [3.63, 3.8) is 0 Å². The van der Waals surface area contributed by atoms with E-state index in [-0.39, 0.29) is 0 Å². The maximum absolute atomic E-state index is 9.17. The van der Waals surface area contributed by atoms with Crippen LogP contribution in [0.3, 0.4) is 0 Å². The van der Waals surface area contributed by atoms with Gasteiger partial charge in [-0.25, -0.2) is 0 Å². The van der Waals surface area contributed by atoms with Crippen molar-refractivity contribution in [2.24, 2.45) is 0 Å². The van der Waals surface area contributed by atoms with Crippen LogP contribution in [0.15, 0.2) is 42.5 Å². The highest BCUT2D eigenvalue weighted by Crippen LogP contribution is 2.43. The number of hydrogen-bond donors (Lipinski definition) is 0. The van der Waals surface area contributed by atoms with Crippen molar-refractivity contribution in [2.45, 2.75) is 39.0 Å². The Morgan fingerprint density at radius 2 is 1.67 bits per heavy atom. The van der Waals surface area contributed by atoms with Gasteiger partial charge < -0.3 is 0 Å². The van der Waals surface area contributed by atoms with Gasteiger partial charge in [-0.1, -0.05) is 36.4 Å². The minimum atomic E-state index is 0.882. The fraction of sp³-hybridized carbons (Fsp3) is 0.273. The second-order valence-electron chi connectivity index (χ2n) is 6.19. The Kier molecular flexibility index (Phi) is 4.78. The molecular weight excluding hydrogens is 292 g/mol. The summed E-state index contributed by atoms with van der Waals surface area (Å²) in [6, 6.07) is 17.2. The summed E-state index contributed by atoms with van der Waals surface area (Å²) in [6.07, 6.45) is 7.54. The van der Waals surface area contributed by atoms with E-state index < -0.39 is 0 Å². The number of benzene rings is 2. The van der Waals surface area contributed by atoms with E-state index in [2.05, 4.69) is 42.5 Å². The number of nitrogens with zero attached hydrogens (tertiary/aromatic N) is 2. The third-order valence-corrected chi connectivity index (χ3v) is 4.78. The minimum Gasteiger partial charge on any atom is -0.199 e. The summed E-state index contributed by atoms with van der Waals surface area (Å²) < 4.78 is 0. The SMILES string of the molecule is CC#N.N#CC=C1Cc2ccccc2-c2ccc3c(c21)CCCC3. The molecule has 2 aromatic rings. The van der Waals surface area contributed by atoms with E-state index in [0.29, 0.717) is 0 Å². The quantitative estimate of drug-likeness (QED) is 0.626. The second kappa shape index (κ2) is 7.16. The Hall–Kier alpha value is -2.84. The molecule has 2 aromatic carbocycles.